The van der Waals surface area contributed by atoms with Crippen LogP contribution in [0.3, 0.4) is 0 Å². The van der Waals surface area contributed by atoms with Gasteiger partial charge >= 0.3 is 0 Å². The Hall–Kier alpha value is -2.40. The molecule has 3 rings (SSSR count). The van der Waals surface area contributed by atoms with Gasteiger partial charge in [-0.3, -0.25) is 4.79 Å². The first-order valence-electron chi connectivity index (χ1n) is 8.42. The minimum Gasteiger partial charge on any atom is -0.341 e. The number of carbonyl (C=O) groups excluding carboxylic acids is 1. The third-order valence-corrected chi connectivity index (χ3v) is 4.52. The first-order chi connectivity index (χ1) is 12.1. The second-order valence-corrected chi connectivity index (χ2v) is 6.75. The largest absolute Gasteiger partial charge is 0.341 e. The molecule has 1 saturated heterocycles. The number of aromatic nitrogens is 2. The Kier molecular flexibility index (Phi) is 5.66. The van der Waals surface area contributed by atoms with Crippen LogP contribution in [0.25, 0.3) is 6.08 Å². The zero-order chi connectivity index (χ0) is 17.6. The summed E-state index contributed by atoms with van der Waals surface area (Å²) < 4.78 is 0. The van der Waals surface area contributed by atoms with Gasteiger partial charge in [-0.1, -0.05) is 30.7 Å². The summed E-state index contributed by atoms with van der Waals surface area (Å²) in [5.74, 6) is 1.27. The number of carbonyl (C=O) groups is 1. The fourth-order valence-electron chi connectivity index (χ4n) is 2.69. The van der Waals surface area contributed by atoms with E-state index in [9.17, 15) is 4.79 Å². The highest BCUT2D eigenvalue weighted by Crippen LogP contribution is 2.20. The van der Waals surface area contributed by atoms with Crippen LogP contribution in [0.4, 0.5) is 11.6 Å². The molecule has 130 valence electrons. The van der Waals surface area contributed by atoms with E-state index in [4.69, 9.17) is 11.6 Å². The van der Waals surface area contributed by atoms with Crippen molar-refractivity contribution in [1.29, 1.82) is 0 Å². The molecule has 0 aliphatic carbocycles. The minimum atomic E-state index is -0.224. The molecule has 2 aromatic rings. The number of amides is 1. The van der Waals surface area contributed by atoms with Crippen LogP contribution < -0.4 is 10.2 Å². The van der Waals surface area contributed by atoms with Crippen LogP contribution in [0, 0.1) is 5.92 Å². The number of hydrogen-bond donors (Lipinski definition) is 1. The predicted octanol–water partition coefficient (Wildman–Crippen LogP) is 4.02. The van der Waals surface area contributed by atoms with Gasteiger partial charge < -0.3 is 10.2 Å². The van der Waals surface area contributed by atoms with E-state index in [2.05, 4.69) is 27.1 Å². The number of rotatable bonds is 4. The van der Waals surface area contributed by atoms with Crippen molar-refractivity contribution in [2.75, 3.05) is 23.3 Å². The predicted molar refractivity (Wildman–Crippen MR) is 102 cm³/mol. The van der Waals surface area contributed by atoms with Gasteiger partial charge in [-0.2, -0.15) is 0 Å². The number of piperidine rings is 1. The maximum atomic E-state index is 12.0. The molecule has 0 unspecified atom stereocenters. The normalized spacial score (nSPS) is 15.5. The summed E-state index contributed by atoms with van der Waals surface area (Å²) in [6.45, 7) is 4.24. The summed E-state index contributed by atoms with van der Waals surface area (Å²) in [5.41, 5.74) is 1.49. The number of benzene rings is 1. The molecule has 1 amide bonds. The molecule has 0 bridgehead atoms. The third kappa shape index (κ3) is 5.03. The van der Waals surface area contributed by atoms with Crippen LogP contribution in [0.5, 0.6) is 0 Å². The lowest BCUT2D eigenvalue weighted by Crippen LogP contribution is -2.34. The van der Waals surface area contributed by atoms with Crippen LogP contribution in [0.1, 0.15) is 25.3 Å². The maximum Gasteiger partial charge on any atom is 0.248 e. The number of anilines is 2. The molecule has 0 radical (unpaired) electrons. The Labute approximate surface area is 152 Å². The molecular formula is C19H21ClN4O. The van der Waals surface area contributed by atoms with E-state index in [-0.39, 0.29) is 5.91 Å². The summed E-state index contributed by atoms with van der Waals surface area (Å²) in [5, 5.41) is 3.43. The summed E-state index contributed by atoms with van der Waals surface area (Å²) >= 11 is 5.84. The Bertz CT molecular complexity index is 735. The van der Waals surface area contributed by atoms with Crippen LogP contribution in [0.2, 0.25) is 5.02 Å². The molecule has 1 N–H and O–H groups in total. The fourth-order valence-corrected chi connectivity index (χ4v) is 2.81. The van der Waals surface area contributed by atoms with Gasteiger partial charge in [0.15, 0.2) is 0 Å². The summed E-state index contributed by atoms with van der Waals surface area (Å²) in [7, 11) is 0. The SMILES string of the molecule is CC1CCN(c2ncc(NC(=O)/C=C/c3ccc(Cl)cc3)cn2)CC1. The lowest BCUT2D eigenvalue weighted by Gasteiger charge is -2.30. The molecule has 1 aromatic carbocycles. The van der Waals surface area contributed by atoms with Gasteiger partial charge in [0.05, 0.1) is 18.1 Å². The van der Waals surface area contributed by atoms with E-state index in [0.717, 1.165) is 43.4 Å². The number of hydrogen-bond acceptors (Lipinski definition) is 4. The Morgan fingerprint density at radius 2 is 1.84 bits per heavy atom. The number of nitrogens with zero attached hydrogens (tertiary/aromatic N) is 3. The van der Waals surface area contributed by atoms with Crippen LogP contribution in [-0.4, -0.2) is 29.0 Å². The quantitative estimate of drug-likeness (QED) is 0.840. The molecule has 0 saturated carbocycles. The van der Waals surface area contributed by atoms with Crippen molar-refractivity contribution < 1.29 is 4.79 Å². The molecule has 0 spiro atoms. The first kappa shape index (κ1) is 17.4. The van der Waals surface area contributed by atoms with Gasteiger partial charge in [0, 0.05) is 24.2 Å². The van der Waals surface area contributed by atoms with Crippen molar-refractivity contribution in [1.82, 2.24) is 9.97 Å². The van der Waals surface area contributed by atoms with Crippen molar-refractivity contribution in [2.45, 2.75) is 19.8 Å². The Morgan fingerprint density at radius 3 is 2.48 bits per heavy atom. The van der Waals surface area contributed by atoms with Gasteiger partial charge in [0.2, 0.25) is 11.9 Å². The van der Waals surface area contributed by atoms with E-state index in [1.807, 2.05) is 12.1 Å². The van der Waals surface area contributed by atoms with Crippen LogP contribution in [-0.2, 0) is 4.79 Å². The Balaban J connectivity index is 1.55. The van der Waals surface area contributed by atoms with E-state index < -0.39 is 0 Å². The monoisotopic (exact) mass is 356 g/mol. The van der Waals surface area contributed by atoms with Gasteiger partial charge in [0.25, 0.3) is 0 Å². The van der Waals surface area contributed by atoms with E-state index >= 15 is 0 Å². The van der Waals surface area contributed by atoms with E-state index in [1.54, 1.807) is 30.6 Å². The van der Waals surface area contributed by atoms with Crippen molar-refractivity contribution >= 4 is 35.2 Å². The molecule has 1 aliphatic heterocycles. The van der Waals surface area contributed by atoms with Crippen LogP contribution >= 0.6 is 11.6 Å². The van der Waals surface area contributed by atoms with Gasteiger partial charge in [-0.15, -0.1) is 0 Å². The third-order valence-electron chi connectivity index (χ3n) is 4.27. The minimum absolute atomic E-state index is 0.224. The molecule has 2 heterocycles. The lowest BCUT2D eigenvalue weighted by molar-refractivity contribution is -0.111. The fraction of sp³-hybridized carbons (Fsp3) is 0.316. The maximum absolute atomic E-state index is 12.0. The molecule has 1 aromatic heterocycles. The lowest BCUT2D eigenvalue weighted by atomic mass is 10.00. The van der Waals surface area contributed by atoms with Gasteiger partial charge in [-0.25, -0.2) is 9.97 Å². The zero-order valence-corrected chi connectivity index (χ0v) is 14.9. The van der Waals surface area contributed by atoms with Crippen molar-refractivity contribution in [3.8, 4) is 0 Å². The Morgan fingerprint density at radius 1 is 1.20 bits per heavy atom. The molecule has 25 heavy (non-hydrogen) atoms. The first-order valence-corrected chi connectivity index (χ1v) is 8.79. The average Bonchev–Trinajstić information content (AvgIpc) is 2.63. The highest BCUT2D eigenvalue weighted by Gasteiger charge is 2.17. The van der Waals surface area contributed by atoms with Gasteiger partial charge in [-0.05, 0) is 42.5 Å². The van der Waals surface area contributed by atoms with E-state index in [0.29, 0.717) is 10.7 Å². The molecular weight excluding hydrogens is 336 g/mol. The number of halogens is 1. The highest BCUT2D eigenvalue weighted by atomic mass is 35.5. The standard InChI is InChI=1S/C19H21ClN4O/c1-14-8-10-24(11-9-14)19-21-12-17(13-22-19)23-18(25)7-4-15-2-5-16(20)6-3-15/h2-7,12-14H,8-11H2,1H3,(H,23,25)/b7-4+. The van der Waals surface area contributed by atoms with Crippen molar-refractivity contribution in [3.05, 3.63) is 53.3 Å². The smallest absolute Gasteiger partial charge is 0.248 e. The van der Waals surface area contributed by atoms with Crippen molar-refractivity contribution in [3.63, 3.8) is 0 Å². The number of nitrogens with one attached hydrogen (secondary N) is 1. The van der Waals surface area contributed by atoms with Crippen LogP contribution in [0.15, 0.2) is 42.7 Å². The highest BCUT2D eigenvalue weighted by molar-refractivity contribution is 6.30. The topological polar surface area (TPSA) is 58.1 Å². The zero-order valence-electron chi connectivity index (χ0n) is 14.2. The van der Waals surface area contributed by atoms with Crippen molar-refractivity contribution in [2.24, 2.45) is 5.92 Å². The summed E-state index contributed by atoms with van der Waals surface area (Å²) in [6.07, 6.45) is 8.83. The second-order valence-electron chi connectivity index (χ2n) is 6.32. The molecule has 6 heteroatoms. The van der Waals surface area contributed by atoms with Gasteiger partial charge in [0.1, 0.15) is 0 Å². The molecule has 0 atom stereocenters. The average molecular weight is 357 g/mol. The summed E-state index contributed by atoms with van der Waals surface area (Å²) in [4.78, 5) is 22.9. The molecule has 1 fully saturated rings. The molecule has 5 nitrogen and oxygen atoms in total. The summed E-state index contributed by atoms with van der Waals surface area (Å²) in [6, 6.07) is 7.27. The van der Waals surface area contributed by atoms with E-state index in [1.165, 1.54) is 6.08 Å². The molecule has 1 aliphatic rings. The second kappa shape index (κ2) is 8.12.